The van der Waals surface area contributed by atoms with Crippen LogP contribution >= 0.6 is 11.3 Å². The van der Waals surface area contributed by atoms with Gasteiger partial charge in [-0.05, 0) is 50.4 Å². The molecule has 2 rings (SSSR count). The molecule has 1 aromatic heterocycles. The van der Waals surface area contributed by atoms with E-state index < -0.39 is 0 Å². The summed E-state index contributed by atoms with van der Waals surface area (Å²) in [7, 11) is 0. The van der Waals surface area contributed by atoms with Crippen molar-refractivity contribution >= 4 is 11.3 Å². The summed E-state index contributed by atoms with van der Waals surface area (Å²) in [4.78, 5) is 2.93. The number of hydrogen-bond acceptors (Lipinski definition) is 2. The van der Waals surface area contributed by atoms with Gasteiger partial charge >= 0.3 is 0 Å². The molecule has 1 atom stereocenters. The molecule has 0 aliphatic carbocycles. The second-order valence-corrected chi connectivity index (χ2v) is 6.12. The smallest absolute Gasteiger partial charge is 0.0386 e. The highest BCUT2D eigenvalue weighted by Crippen LogP contribution is 2.23. The predicted octanol–water partition coefficient (Wildman–Crippen LogP) is 4.59. The van der Waals surface area contributed by atoms with Crippen LogP contribution in [0.25, 0.3) is 0 Å². The zero-order chi connectivity index (χ0) is 13.5. The van der Waals surface area contributed by atoms with Crippen LogP contribution in [0.1, 0.15) is 41.6 Å². The quantitative estimate of drug-likeness (QED) is 0.727. The van der Waals surface area contributed by atoms with Crippen molar-refractivity contribution in [3.63, 3.8) is 0 Å². The Morgan fingerprint density at radius 2 is 1.89 bits per heavy atom. The molecule has 1 unspecified atom stereocenters. The Bertz CT molecular complexity index is 475. The van der Waals surface area contributed by atoms with Crippen LogP contribution in [-0.2, 0) is 12.8 Å². The van der Waals surface area contributed by atoms with E-state index in [2.05, 4.69) is 61.6 Å². The van der Waals surface area contributed by atoms with Crippen LogP contribution in [-0.4, -0.2) is 6.54 Å². The predicted molar refractivity (Wildman–Crippen MR) is 84.9 cm³/mol. The molecule has 0 saturated carbocycles. The van der Waals surface area contributed by atoms with E-state index in [-0.39, 0.29) is 0 Å². The largest absolute Gasteiger partial charge is 0.309 e. The van der Waals surface area contributed by atoms with Gasteiger partial charge in [0.05, 0.1) is 0 Å². The first-order valence-electron chi connectivity index (χ1n) is 7.15. The third-order valence-electron chi connectivity index (χ3n) is 3.39. The molecule has 2 heteroatoms. The molecule has 0 aliphatic heterocycles. The van der Waals surface area contributed by atoms with Gasteiger partial charge in [0.1, 0.15) is 0 Å². The van der Waals surface area contributed by atoms with Gasteiger partial charge in [-0.1, -0.05) is 37.3 Å². The zero-order valence-electron chi connectivity index (χ0n) is 11.9. The minimum atomic E-state index is 0.473. The Labute approximate surface area is 120 Å². The highest BCUT2D eigenvalue weighted by atomic mass is 32.1. The molecule has 0 fully saturated rings. The maximum atomic E-state index is 3.62. The van der Waals surface area contributed by atoms with Gasteiger partial charge < -0.3 is 5.32 Å². The van der Waals surface area contributed by atoms with Gasteiger partial charge in [0.15, 0.2) is 0 Å². The normalized spacial score (nSPS) is 12.5. The Morgan fingerprint density at radius 1 is 1.11 bits per heavy atom. The monoisotopic (exact) mass is 273 g/mol. The lowest BCUT2D eigenvalue weighted by molar-refractivity contribution is 0.565. The average Bonchev–Trinajstić information content (AvgIpc) is 2.93. The molecule has 19 heavy (non-hydrogen) atoms. The van der Waals surface area contributed by atoms with Gasteiger partial charge in [0.2, 0.25) is 0 Å². The summed E-state index contributed by atoms with van der Waals surface area (Å²) in [5, 5.41) is 3.62. The Morgan fingerprint density at radius 3 is 2.58 bits per heavy atom. The first-order chi connectivity index (χ1) is 9.29. The van der Waals surface area contributed by atoms with E-state index in [1.807, 2.05) is 11.3 Å². The fourth-order valence-electron chi connectivity index (χ4n) is 2.17. The lowest BCUT2D eigenvalue weighted by atomic mass is 10.1. The van der Waals surface area contributed by atoms with Crippen LogP contribution in [0.5, 0.6) is 0 Å². The van der Waals surface area contributed by atoms with E-state index in [0.717, 1.165) is 19.4 Å². The summed E-state index contributed by atoms with van der Waals surface area (Å²) >= 11 is 1.93. The molecular weight excluding hydrogens is 250 g/mol. The Kier molecular flexibility index (Phi) is 5.62. The zero-order valence-corrected chi connectivity index (χ0v) is 12.7. The topological polar surface area (TPSA) is 12.0 Å². The SMILES string of the molecule is CCc1ccc(C(C)NCCCc2ccccc2)s1. The fourth-order valence-corrected chi connectivity index (χ4v) is 3.15. The van der Waals surface area contributed by atoms with E-state index in [4.69, 9.17) is 0 Å². The summed E-state index contributed by atoms with van der Waals surface area (Å²) in [6.45, 7) is 5.55. The molecule has 1 N–H and O–H groups in total. The van der Waals surface area contributed by atoms with Crippen molar-refractivity contribution in [1.29, 1.82) is 0 Å². The van der Waals surface area contributed by atoms with Crippen LogP contribution in [0.2, 0.25) is 0 Å². The minimum Gasteiger partial charge on any atom is -0.309 e. The van der Waals surface area contributed by atoms with Crippen molar-refractivity contribution in [2.75, 3.05) is 6.54 Å². The van der Waals surface area contributed by atoms with Crippen molar-refractivity contribution < 1.29 is 0 Å². The summed E-state index contributed by atoms with van der Waals surface area (Å²) in [5.41, 5.74) is 1.43. The number of rotatable bonds is 7. The molecule has 1 heterocycles. The van der Waals surface area contributed by atoms with E-state index >= 15 is 0 Å². The lowest BCUT2D eigenvalue weighted by Gasteiger charge is -2.11. The van der Waals surface area contributed by atoms with Crippen LogP contribution in [0, 0.1) is 0 Å². The van der Waals surface area contributed by atoms with E-state index in [1.165, 1.54) is 21.7 Å². The van der Waals surface area contributed by atoms with Crippen molar-refractivity contribution in [2.24, 2.45) is 0 Å². The van der Waals surface area contributed by atoms with E-state index in [1.54, 1.807) is 0 Å². The molecule has 0 amide bonds. The van der Waals surface area contributed by atoms with Gasteiger partial charge in [-0.2, -0.15) is 0 Å². The summed E-state index contributed by atoms with van der Waals surface area (Å²) in [6, 6.07) is 15.7. The standard InChI is InChI=1S/C17H23NS/c1-3-16-11-12-17(19-16)14(2)18-13-7-10-15-8-5-4-6-9-15/h4-6,8-9,11-12,14,18H,3,7,10,13H2,1-2H3. The third-order valence-corrected chi connectivity index (χ3v) is 4.81. The molecule has 0 radical (unpaired) electrons. The molecule has 0 aliphatic rings. The van der Waals surface area contributed by atoms with E-state index in [9.17, 15) is 0 Å². The Hall–Kier alpha value is -1.12. The fraction of sp³-hybridized carbons (Fsp3) is 0.412. The highest BCUT2D eigenvalue weighted by Gasteiger charge is 2.07. The lowest BCUT2D eigenvalue weighted by Crippen LogP contribution is -2.19. The van der Waals surface area contributed by atoms with Gasteiger partial charge in [-0.25, -0.2) is 0 Å². The average molecular weight is 273 g/mol. The van der Waals surface area contributed by atoms with Crippen LogP contribution in [0.3, 0.4) is 0 Å². The summed E-state index contributed by atoms with van der Waals surface area (Å²) in [6.07, 6.45) is 3.50. The highest BCUT2D eigenvalue weighted by molar-refractivity contribution is 7.12. The molecular formula is C17H23NS. The Balaban J connectivity index is 1.70. The first-order valence-corrected chi connectivity index (χ1v) is 7.97. The molecule has 0 saturated heterocycles. The number of nitrogens with one attached hydrogen (secondary N) is 1. The van der Waals surface area contributed by atoms with Crippen molar-refractivity contribution in [1.82, 2.24) is 5.32 Å². The van der Waals surface area contributed by atoms with Crippen molar-refractivity contribution in [3.8, 4) is 0 Å². The maximum absolute atomic E-state index is 3.62. The molecule has 1 nitrogen and oxygen atoms in total. The van der Waals surface area contributed by atoms with Crippen LogP contribution < -0.4 is 5.32 Å². The third kappa shape index (κ3) is 4.48. The van der Waals surface area contributed by atoms with Crippen molar-refractivity contribution in [3.05, 3.63) is 57.8 Å². The summed E-state index contributed by atoms with van der Waals surface area (Å²) < 4.78 is 0. The van der Waals surface area contributed by atoms with Crippen LogP contribution in [0.4, 0.5) is 0 Å². The number of benzene rings is 1. The number of thiophene rings is 1. The first kappa shape index (κ1) is 14.3. The number of hydrogen-bond donors (Lipinski definition) is 1. The minimum absolute atomic E-state index is 0.473. The molecule has 2 aromatic rings. The van der Waals surface area contributed by atoms with E-state index in [0.29, 0.717) is 6.04 Å². The van der Waals surface area contributed by atoms with Crippen molar-refractivity contribution in [2.45, 2.75) is 39.2 Å². The summed E-state index contributed by atoms with van der Waals surface area (Å²) in [5.74, 6) is 0. The molecule has 0 spiro atoms. The van der Waals surface area contributed by atoms with Gasteiger partial charge in [0.25, 0.3) is 0 Å². The van der Waals surface area contributed by atoms with Crippen LogP contribution in [0.15, 0.2) is 42.5 Å². The molecule has 102 valence electrons. The van der Waals surface area contributed by atoms with Gasteiger partial charge in [0, 0.05) is 15.8 Å². The molecule has 0 bridgehead atoms. The second-order valence-electron chi connectivity index (χ2n) is 4.92. The van der Waals surface area contributed by atoms with Gasteiger partial charge in [-0.15, -0.1) is 11.3 Å². The maximum Gasteiger partial charge on any atom is 0.0386 e. The number of aryl methyl sites for hydroxylation is 2. The second kappa shape index (κ2) is 7.46. The molecule has 1 aromatic carbocycles. The van der Waals surface area contributed by atoms with Gasteiger partial charge in [-0.3, -0.25) is 0 Å².